The van der Waals surface area contributed by atoms with Gasteiger partial charge in [-0.15, -0.1) is 0 Å². The van der Waals surface area contributed by atoms with Crippen LogP contribution in [0.15, 0.2) is 42.9 Å². The molecule has 0 saturated heterocycles. The predicted octanol–water partition coefficient (Wildman–Crippen LogP) is 3.26. The van der Waals surface area contributed by atoms with E-state index in [2.05, 4.69) is 9.97 Å². The van der Waals surface area contributed by atoms with Gasteiger partial charge in [0.15, 0.2) is 0 Å². The molecule has 1 aromatic carbocycles. The lowest BCUT2D eigenvalue weighted by atomic mass is 10.2. The van der Waals surface area contributed by atoms with Gasteiger partial charge in [-0.2, -0.15) is 13.2 Å². The molecule has 0 aliphatic carbocycles. The third kappa shape index (κ3) is 2.42. The highest BCUT2D eigenvalue weighted by Crippen LogP contribution is 2.36. The molecule has 0 aliphatic rings. The SMILES string of the molecule is CN(c1ccccc1)c1ncncc1C(F)(F)F. The molecule has 0 unspecified atom stereocenters. The van der Waals surface area contributed by atoms with Crippen molar-refractivity contribution in [3.63, 3.8) is 0 Å². The van der Waals surface area contributed by atoms with Gasteiger partial charge in [0.1, 0.15) is 17.7 Å². The van der Waals surface area contributed by atoms with E-state index in [1.807, 2.05) is 0 Å². The Hall–Kier alpha value is -2.11. The number of rotatable bonds is 2. The maximum Gasteiger partial charge on any atom is 0.421 e. The third-order valence-corrected chi connectivity index (χ3v) is 2.46. The van der Waals surface area contributed by atoms with Crippen LogP contribution in [0.1, 0.15) is 5.56 Å². The highest BCUT2D eigenvalue weighted by Gasteiger charge is 2.35. The van der Waals surface area contributed by atoms with Gasteiger partial charge < -0.3 is 4.90 Å². The number of alkyl halides is 3. The maximum absolute atomic E-state index is 12.8. The predicted molar refractivity (Wildman–Crippen MR) is 61.5 cm³/mol. The van der Waals surface area contributed by atoms with Crippen LogP contribution in [0.2, 0.25) is 0 Å². The number of nitrogens with zero attached hydrogens (tertiary/aromatic N) is 3. The molecule has 0 aliphatic heterocycles. The van der Waals surface area contributed by atoms with E-state index in [1.54, 1.807) is 30.3 Å². The van der Waals surface area contributed by atoms with Crippen LogP contribution in [0, 0.1) is 0 Å². The molecular formula is C12H10F3N3. The molecule has 6 heteroatoms. The highest BCUT2D eigenvalue weighted by molar-refractivity contribution is 5.61. The second-order valence-corrected chi connectivity index (χ2v) is 3.65. The summed E-state index contributed by atoms with van der Waals surface area (Å²) in [4.78, 5) is 8.53. The van der Waals surface area contributed by atoms with E-state index >= 15 is 0 Å². The molecule has 2 aromatic rings. The molecule has 0 bridgehead atoms. The molecule has 3 nitrogen and oxygen atoms in total. The Labute approximate surface area is 102 Å². The summed E-state index contributed by atoms with van der Waals surface area (Å²) in [5, 5.41) is 0. The Morgan fingerprint density at radius 2 is 1.78 bits per heavy atom. The van der Waals surface area contributed by atoms with Crippen LogP contribution in [0.25, 0.3) is 0 Å². The fourth-order valence-corrected chi connectivity index (χ4v) is 1.56. The number of hydrogen-bond donors (Lipinski definition) is 0. The molecule has 18 heavy (non-hydrogen) atoms. The minimum atomic E-state index is -4.47. The Kier molecular flexibility index (Phi) is 3.18. The summed E-state index contributed by atoms with van der Waals surface area (Å²) in [6, 6.07) is 8.72. The van der Waals surface area contributed by atoms with E-state index in [9.17, 15) is 13.2 Å². The van der Waals surface area contributed by atoms with E-state index in [1.165, 1.54) is 11.9 Å². The zero-order valence-corrected chi connectivity index (χ0v) is 9.52. The van der Waals surface area contributed by atoms with Crippen LogP contribution in [-0.4, -0.2) is 17.0 Å². The average Bonchev–Trinajstić information content (AvgIpc) is 2.38. The van der Waals surface area contributed by atoms with Crippen LogP contribution < -0.4 is 4.90 Å². The van der Waals surface area contributed by atoms with Crippen molar-refractivity contribution in [2.45, 2.75) is 6.18 Å². The number of halogens is 3. The molecule has 2 rings (SSSR count). The van der Waals surface area contributed by atoms with Crippen LogP contribution in [0.4, 0.5) is 24.7 Å². The summed E-state index contributed by atoms with van der Waals surface area (Å²) in [7, 11) is 1.53. The quantitative estimate of drug-likeness (QED) is 0.822. The molecule has 0 fully saturated rings. The van der Waals surface area contributed by atoms with Crippen molar-refractivity contribution in [2.75, 3.05) is 11.9 Å². The molecule has 94 valence electrons. The molecule has 0 N–H and O–H groups in total. The van der Waals surface area contributed by atoms with Crippen molar-refractivity contribution in [2.24, 2.45) is 0 Å². The second-order valence-electron chi connectivity index (χ2n) is 3.65. The summed E-state index contributed by atoms with van der Waals surface area (Å²) in [6.45, 7) is 0. The molecule has 0 spiro atoms. The number of anilines is 2. The van der Waals surface area contributed by atoms with Gasteiger partial charge in [0.2, 0.25) is 0 Å². The zero-order valence-electron chi connectivity index (χ0n) is 9.52. The number of benzene rings is 1. The van der Waals surface area contributed by atoms with E-state index in [0.717, 1.165) is 12.5 Å². The van der Waals surface area contributed by atoms with Crippen LogP contribution in [0.5, 0.6) is 0 Å². The Morgan fingerprint density at radius 1 is 1.11 bits per heavy atom. The maximum atomic E-state index is 12.8. The van der Waals surface area contributed by atoms with E-state index < -0.39 is 11.7 Å². The molecule has 0 atom stereocenters. The van der Waals surface area contributed by atoms with Crippen molar-refractivity contribution >= 4 is 11.5 Å². The first kappa shape index (κ1) is 12.3. The molecule has 0 saturated carbocycles. The number of hydrogen-bond acceptors (Lipinski definition) is 3. The Morgan fingerprint density at radius 3 is 2.39 bits per heavy atom. The van der Waals surface area contributed by atoms with Crippen molar-refractivity contribution in [1.29, 1.82) is 0 Å². The van der Waals surface area contributed by atoms with Crippen LogP contribution >= 0.6 is 0 Å². The summed E-state index contributed by atoms with van der Waals surface area (Å²) in [5.41, 5.74) is -0.224. The zero-order chi connectivity index (χ0) is 13.2. The molecular weight excluding hydrogens is 243 g/mol. The van der Waals surface area contributed by atoms with Gasteiger partial charge in [-0.1, -0.05) is 18.2 Å². The van der Waals surface area contributed by atoms with Gasteiger partial charge in [-0.25, -0.2) is 9.97 Å². The smallest absolute Gasteiger partial charge is 0.329 e. The molecule has 0 amide bonds. The van der Waals surface area contributed by atoms with Gasteiger partial charge in [0, 0.05) is 18.9 Å². The summed E-state index contributed by atoms with van der Waals surface area (Å²) >= 11 is 0. The molecule has 1 heterocycles. The third-order valence-electron chi connectivity index (χ3n) is 2.46. The normalized spacial score (nSPS) is 11.3. The van der Waals surface area contributed by atoms with E-state index in [4.69, 9.17) is 0 Å². The lowest BCUT2D eigenvalue weighted by molar-refractivity contribution is -0.137. The lowest BCUT2D eigenvalue weighted by Crippen LogP contribution is -2.18. The van der Waals surface area contributed by atoms with Gasteiger partial charge in [-0.05, 0) is 12.1 Å². The average molecular weight is 253 g/mol. The highest BCUT2D eigenvalue weighted by atomic mass is 19.4. The topological polar surface area (TPSA) is 29.0 Å². The second kappa shape index (κ2) is 4.64. The van der Waals surface area contributed by atoms with Gasteiger partial charge in [-0.3, -0.25) is 0 Å². The first-order valence-electron chi connectivity index (χ1n) is 5.16. The Balaban J connectivity index is 2.46. The van der Waals surface area contributed by atoms with E-state index in [-0.39, 0.29) is 5.82 Å². The van der Waals surface area contributed by atoms with Crippen molar-refractivity contribution in [3.8, 4) is 0 Å². The Bertz CT molecular complexity index is 526. The van der Waals surface area contributed by atoms with Crippen LogP contribution in [-0.2, 0) is 6.18 Å². The largest absolute Gasteiger partial charge is 0.421 e. The minimum Gasteiger partial charge on any atom is -0.329 e. The van der Waals surface area contributed by atoms with Gasteiger partial charge in [0.05, 0.1) is 0 Å². The first-order chi connectivity index (χ1) is 8.50. The monoisotopic (exact) mass is 253 g/mol. The first-order valence-corrected chi connectivity index (χ1v) is 5.16. The van der Waals surface area contributed by atoms with E-state index in [0.29, 0.717) is 5.69 Å². The van der Waals surface area contributed by atoms with Crippen molar-refractivity contribution in [3.05, 3.63) is 48.4 Å². The summed E-state index contributed by atoms with van der Waals surface area (Å²) in [5.74, 6) is -0.163. The molecule has 0 radical (unpaired) electrons. The standard InChI is InChI=1S/C12H10F3N3/c1-18(9-5-3-2-4-6-9)11-10(12(13,14)15)7-16-8-17-11/h2-8H,1H3. The molecule has 1 aromatic heterocycles. The lowest BCUT2D eigenvalue weighted by Gasteiger charge is -2.21. The number of para-hydroxylation sites is 1. The van der Waals surface area contributed by atoms with Gasteiger partial charge in [0.25, 0.3) is 0 Å². The number of aromatic nitrogens is 2. The van der Waals surface area contributed by atoms with Gasteiger partial charge >= 0.3 is 6.18 Å². The van der Waals surface area contributed by atoms with Crippen LogP contribution in [0.3, 0.4) is 0 Å². The summed E-state index contributed by atoms with van der Waals surface area (Å²) < 4.78 is 38.5. The van der Waals surface area contributed by atoms with Crippen molar-refractivity contribution < 1.29 is 13.2 Å². The fraction of sp³-hybridized carbons (Fsp3) is 0.167. The van der Waals surface area contributed by atoms with Crippen molar-refractivity contribution in [1.82, 2.24) is 9.97 Å². The fourth-order valence-electron chi connectivity index (χ4n) is 1.56. The minimum absolute atomic E-state index is 0.163. The summed E-state index contributed by atoms with van der Waals surface area (Å²) in [6.07, 6.45) is -2.59.